The molecule has 0 fully saturated rings. The molecule has 1 amide bonds. The van der Waals surface area contributed by atoms with Crippen molar-refractivity contribution in [1.82, 2.24) is 9.78 Å². The molecule has 2 N–H and O–H groups in total. The zero-order chi connectivity index (χ0) is 22.0. The smallest absolute Gasteiger partial charge is 0.270 e. The average molecular weight is 412 g/mol. The molecule has 0 atom stereocenters. The summed E-state index contributed by atoms with van der Waals surface area (Å²) in [7, 11) is 0. The Morgan fingerprint density at radius 3 is 2.00 bits per heavy atom. The Morgan fingerprint density at radius 2 is 1.45 bits per heavy atom. The van der Waals surface area contributed by atoms with E-state index in [1.54, 1.807) is 54.6 Å². The standard InChI is InChI=1S/C23H16N4O4/c24-23(29)20-19(22(28)16-9-5-2-6-10-16)21(15-7-3-1-4-8-15)26(25-20)17-11-13-18(14-12-17)27(30)31/h1-14H,(H2,24,29). The molecule has 0 radical (unpaired) electrons. The molecule has 31 heavy (non-hydrogen) atoms. The first kappa shape index (κ1) is 19.7. The van der Waals surface area contributed by atoms with E-state index in [0.29, 0.717) is 22.5 Å². The third-order valence-electron chi connectivity index (χ3n) is 4.73. The van der Waals surface area contributed by atoms with Crippen molar-refractivity contribution in [2.24, 2.45) is 5.73 Å². The summed E-state index contributed by atoms with van der Waals surface area (Å²) in [5.74, 6) is -1.25. The molecule has 4 aromatic rings. The molecule has 0 aliphatic heterocycles. The summed E-state index contributed by atoms with van der Waals surface area (Å²) < 4.78 is 1.41. The topological polar surface area (TPSA) is 121 Å². The number of nitrogens with two attached hydrogens (primary N) is 1. The van der Waals surface area contributed by atoms with Crippen molar-refractivity contribution >= 4 is 17.4 Å². The fourth-order valence-corrected chi connectivity index (χ4v) is 3.30. The highest BCUT2D eigenvalue weighted by molar-refractivity contribution is 6.17. The predicted octanol–water partition coefficient (Wildman–Crippen LogP) is 3.78. The van der Waals surface area contributed by atoms with Crippen molar-refractivity contribution in [1.29, 1.82) is 0 Å². The van der Waals surface area contributed by atoms with Gasteiger partial charge >= 0.3 is 0 Å². The van der Waals surface area contributed by atoms with E-state index in [1.165, 1.54) is 28.9 Å². The van der Waals surface area contributed by atoms with Gasteiger partial charge in [0, 0.05) is 23.3 Å². The van der Waals surface area contributed by atoms with Gasteiger partial charge in [0.25, 0.3) is 11.6 Å². The number of hydrogen-bond donors (Lipinski definition) is 1. The lowest BCUT2D eigenvalue weighted by molar-refractivity contribution is -0.384. The van der Waals surface area contributed by atoms with E-state index in [0.717, 1.165) is 0 Å². The SMILES string of the molecule is NC(=O)c1nn(-c2ccc([N+](=O)[O-])cc2)c(-c2ccccc2)c1C(=O)c1ccccc1. The molecule has 4 rings (SSSR count). The number of primary amides is 1. The Balaban J connectivity index is 2.01. The van der Waals surface area contributed by atoms with Crippen molar-refractivity contribution in [3.8, 4) is 16.9 Å². The maximum absolute atomic E-state index is 13.4. The number of nitro groups is 1. The Morgan fingerprint density at radius 1 is 0.871 bits per heavy atom. The minimum absolute atomic E-state index is 0.0725. The van der Waals surface area contributed by atoms with E-state index in [2.05, 4.69) is 5.10 Å². The number of non-ortho nitro benzene ring substituents is 1. The first-order chi connectivity index (χ1) is 15.0. The molecule has 3 aromatic carbocycles. The molecular weight excluding hydrogens is 396 g/mol. The van der Waals surface area contributed by atoms with Gasteiger partial charge in [-0.2, -0.15) is 5.10 Å². The lowest BCUT2D eigenvalue weighted by Gasteiger charge is -2.10. The van der Waals surface area contributed by atoms with Crippen LogP contribution in [0.15, 0.2) is 84.9 Å². The van der Waals surface area contributed by atoms with Gasteiger partial charge in [0.2, 0.25) is 0 Å². The van der Waals surface area contributed by atoms with Crippen molar-refractivity contribution in [3.63, 3.8) is 0 Å². The molecule has 0 aliphatic rings. The number of nitrogens with zero attached hydrogens (tertiary/aromatic N) is 3. The number of carbonyl (C=O) groups is 2. The molecule has 8 heteroatoms. The molecule has 1 aromatic heterocycles. The number of ketones is 1. The third kappa shape index (κ3) is 3.69. The Hall–Kier alpha value is -4.59. The number of hydrogen-bond acceptors (Lipinski definition) is 5. The van der Waals surface area contributed by atoms with Gasteiger partial charge in [-0.1, -0.05) is 60.7 Å². The van der Waals surface area contributed by atoms with Crippen LogP contribution in [0, 0.1) is 10.1 Å². The van der Waals surface area contributed by atoms with E-state index in [-0.39, 0.29) is 16.9 Å². The lowest BCUT2D eigenvalue weighted by Crippen LogP contribution is -2.16. The van der Waals surface area contributed by atoms with Gasteiger partial charge in [0.15, 0.2) is 11.5 Å². The Kier molecular flexibility index (Phi) is 5.11. The summed E-state index contributed by atoms with van der Waals surface area (Å²) in [6.45, 7) is 0. The lowest BCUT2D eigenvalue weighted by atomic mass is 9.97. The second-order valence-electron chi connectivity index (χ2n) is 6.68. The van der Waals surface area contributed by atoms with Crippen LogP contribution < -0.4 is 5.73 Å². The van der Waals surface area contributed by atoms with Crippen LogP contribution in [0.1, 0.15) is 26.4 Å². The summed E-state index contributed by atoms with van der Waals surface area (Å²) in [6, 6.07) is 23.1. The van der Waals surface area contributed by atoms with Crippen LogP contribution in [-0.2, 0) is 0 Å². The van der Waals surface area contributed by atoms with Crippen molar-refractivity contribution in [3.05, 3.63) is 112 Å². The van der Waals surface area contributed by atoms with E-state index in [1.807, 2.05) is 6.07 Å². The number of rotatable bonds is 6. The molecule has 1 heterocycles. The van der Waals surface area contributed by atoms with Crippen LogP contribution in [0.5, 0.6) is 0 Å². The number of nitro benzene ring substituents is 1. The summed E-state index contributed by atoms with van der Waals surface area (Å²) in [6.07, 6.45) is 0. The minimum Gasteiger partial charge on any atom is -0.364 e. The molecule has 8 nitrogen and oxygen atoms in total. The average Bonchev–Trinajstić information content (AvgIpc) is 3.21. The van der Waals surface area contributed by atoms with E-state index >= 15 is 0 Å². The summed E-state index contributed by atoms with van der Waals surface area (Å²) >= 11 is 0. The first-order valence-corrected chi connectivity index (χ1v) is 9.30. The predicted molar refractivity (Wildman–Crippen MR) is 114 cm³/mol. The highest BCUT2D eigenvalue weighted by atomic mass is 16.6. The quantitative estimate of drug-likeness (QED) is 0.293. The summed E-state index contributed by atoms with van der Waals surface area (Å²) in [4.78, 5) is 36.1. The van der Waals surface area contributed by atoms with Crippen LogP contribution in [-0.4, -0.2) is 26.4 Å². The molecule has 0 unspecified atom stereocenters. The van der Waals surface area contributed by atoms with Gasteiger partial charge in [-0.3, -0.25) is 19.7 Å². The van der Waals surface area contributed by atoms with Gasteiger partial charge < -0.3 is 5.73 Å². The number of amides is 1. The van der Waals surface area contributed by atoms with Gasteiger partial charge in [0.05, 0.1) is 21.9 Å². The van der Waals surface area contributed by atoms with Crippen LogP contribution in [0.25, 0.3) is 16.9 Å². The third-order valence-corrected chi connectivity index (χ3v) is 4.73. The number of aromatic nitrogens is 2. The van der Waals surface area contributed by atoms with E-state index in [9.17, 15) is 19.7 Å². The monoisotopic (exact) mass is 412 g/mol. The summed E-state index contributed by atoms with van der Waals surface area (Å²) in [5, 5.41) is 15.3. The van der Waals surface area contributed by atoms with Crippen LogP contribution in [0.4, 0.5) is 5.69 Å². The first-order valence-electron chi connectivity index (χ1n) is 9.30. The van der Waals surface area contributed by atoms with Crippen LogP contribution in [0.3, 0.4) is 0 Å². The molecule has 0 saturated carbocycles. The molecule has 0 aliphatic carbocycles. The van der Waals surface area contributed by atoms with Crippen LogP contribution >= 0.6 is 0 Å². The second kappa shape index (κ2) is 8.03. The maximum atomic E-state index is 13.4. The fraction of sp³-hybridized carbons (Fsp3) is 0. The zero-order valence-corrected chi connectivity index (χ0v) is 16.1. The van der Waals surface area contributed by atoms with Gasteiger partial charge in [-0.15, -0.1) is 0 Å². The largest absolute Gasteiger partial charge is 0.364 e. The van der Waals surface area contributed by atoms with E-state index < -0.39 is 16.6 Å². The van der Waals surface area contributed by atoms with Gasteiger partial charge in [0.1, 0.15) is 0 Å². The van der Waals surface area contributed by atoms with Crippen molar-refractivity contribution in [2.45, 2.75) is 0 Å². The highest BCUT2D eigenvalue weighted by Gasteiger charge is 2.29. The van der Waals surface area contributed by atoms with Crippen LogP contribution in [0.2, 0.25) is 0 Å². The van der Waals surface area contributed by atoms with Gasteiger partial charge in [-0.05, 0) is 12.1 Å². The highest BCUT2D eigenvalue weighted by Crippen LogP contribution is 2.31. The van der Waals surface area contributed by atoms with Crippen molar-refractivity contribution < 1.29 is 14.5 Å². The maximum Gasteiger partial charge on any atom is 0.270 e. The number of benzene rings is 3. The second-order valence-corrected chi connectivity index (χ2v) is 6.68. The molecule has 0 saturated heterocycles. The molecule has 0 bridgehead atoms. The molecule has 0 spiro atoms. The Labute approximate surface area is 176 Å². The molecule has 152 valence electrons. The number of carbonyl (C=O) groups excluding carboxylic acids is 2. The fourth-order valence-electron chi connectivity index (χ4n) is 3.30. The van der Waals surface area contributed by atoms with Crippen molar-refractivity contribution in [2.75, 3.05) is 0 Å². The molecular formula is C23H16N4O4. The normalized spacial score (nSPS) is 10.6. The minimum atomic E-state index is -0.850. The Bertz CT molecular complexity index is 1280. The zero-order valence-electron chi connectivity index (χ0n) is 16.1. The summed E-state index contributed by atoms with van der Waals surface area (Å²) in [5.41, 5.74) is 7.22. The van der Waals surface area contributed by atoms with E-state index in [4.69, 9.17) is 5.73 Å². The van der Waals surface area contributed by atoms with Gasteiger partial charge in [-0.25, -0.2) is 4.68 Å².